The Kier molecular flexibility index (Phi) is 4.97. The second kappa shape index (κ2) is 6.29. The maximum atomic E-state index is 12.5. The van der Waals surface area contributed by atoms with Crippen LogP contribution in [0.25, 0.3) is 0 Å². The third-order valence-electron chi connectivity index (χ3n) is 2.00. The van der Waals surface area contributed by atoms with Crippen molar-refractivity contribution >= 4 is 5.95 Å². The van der Waals surface area contributed by atoms with E-state index in [1.807, 2.05) is 11.9 Å². The molecule has 1 aromatic heterocycles. The van der Waals surface area contributed by atoms with Gasteiger partial charge >= 0.3 is 0 Å². The maximum Gasteiger partial charge on any atom is 0.225 e. The highest BCUT2D eigenvalue weighted by Gasteiger charge is 2.02. The third-order valence-corrected chi connectivity index (χ3v) is 2.00. The summed E-state index contributed by atoms with van der Waals surface area (Å²) in [5.41, 5.74) is 0. The summed E-state index contributed by atoms with van der Waals surface area (Å²) in [5.74, 6) is 0.144. The predicted molar refractivity (Wildman–Crippen MR) is 58.4 cm³/mol. The molecule has 0 aliphatic heterocycles. The van der Waals surface area contributed by atoms with E-state index < -0.39 is 5.82 Å². The van der Waals surface area contributed by atoms with E-state index in [-0.39, 0.29) is 0 Å². The number of anilines is 1. The van der Waals surface area contributed by atoms with Gasteiger partial charge in [0.1, 0.15) is 0 Å². The lowest BCUT2D eigenvalue weighted by Gasteiger charge is -2.16. The molecule has 0 spiro atoms. The van der Waals surface area contributed by atoms with Crippen molar-refractivity contribution in [2.75, 3.05) is 31.6 Å². The minimum Gasteiger partial charge on any atom is -0.343 e. The zero-order valence-corrected chi connectivity index (χ0v) is 9.20. The Morgan fingerprint density at radius 1 is 1.33 bits per heavy atom. The molecule has 0 saturated carbocycles. The summed E-state index contributed by atoms with van der Waals surface area (Å²) >= 11 is 0. The van der Waals surface area contributed by atoms with Gasteiger partial charge in [-0.2, -0.15) is 0 Å². The van der Waals surface area contributed by atoms with Crippen molar-refractivity contribution in [2.24, 2.45) is 0 Å². The molecule has 0 radical (unpaired) electrons. The Hall–Kier alpha value is -1.23. The molecule has 0 amide bonds. The number of hydrogen-bond donors (Lipinski definition) is 1. The summed E-state index contributed by atoms with van der Waals surface area (Å²) < 4.78 is 12.5. The smallest absolute Gasteiger partial charge is 0.225 e. The summed E-state index contributed by atoms with van der Waals surface area (Å²) in [5, 5.41) is 3.28. The van der Waals surface area contributed by atoms with Crippen LogP contribution in [-0.2, 0) is 0 Å². The van der Waals surface area contributed by atoms with Crippen LogP contribution in [0.2, 0.25) is 0 Å². The molecule has 1 N–H and O–H groups in total. The van der Waals surface area contributed by atoms with E-state index in [0.29, 0.717) is 5.95 Å². The van der Waals surface area contributed by atoms with Crippen molar-refractivity contribution in [3.63, 3.8) is 0 Å². The molecule has 84 valence electrons. The van der Waals surface area contributed by atoms with E-state index in [1.54, 1.807) is 0 Å². The molecule has 1 aromatic rings. The molecule has 0 unspecified atom stereocenters. The Morgan fingerprint density at radius 3 is 2.60 bits per heavy atom. The van der Waals surface area contributed by atoms with Gasteiger partial charge in [0.2, 0.25) is 5.95 Å². The van der Waals surface area contributed by atoms with Crippen LogP contribution in [0.1, 0.15) is 13.3 Å². The van der Waals surface area contributed by atoms with Gasteiger partial charge in [0.25, 0.3) is 0 Å². The summed E-state index contributed by atoms with van der Waals surface area (Å²) in [6.07, 6.45) is 3.48. The van der Waals surface area contributed by atoms with E-state index in [9.17, 15) is 4.39 Å². The van der Waals surface area contributed by atoms with E-state index in [2.05, 4.69) is 22.2 Å². The van der Waals surface area contributed by atoms with Crippen molar-refractivity contribution in [3.8, 4) is 0 Å². The van der Waals surface area contributed by atoms with Crippen LogP contribution >= 0.6 is 0 Å². The van der Waals surface area contributed by atoms with Gasteiger partial charge in [-0.25, -0.2) is 14.4 Å². The normalized spacial score (nSPS) is 10.3. The van der Waals surface area contributed by atoms with Crippen LogP contribution in [0.15, 0.2) is 12.4 Å². The first-order chi connectivity index (χ1) is 7.24. The van der Waals surface area contributed by atoms with Gasteiger partial charge < -0.3 is 10.2 Å². The van der Waals surface area contributed by atoms with Crippen LogP contribution in [0.3, 0.4) is 0 Å². The van der Waals surface area contributed by atoms with Crippen LogP contribution in [0.5, 0.6) is 0 Å². The topological polar surface area (TPSA) is 41.0 Å². The fourth-order valence-electron chi connectivity index (χ4n) is 1.15. The second-order valence-electron chi connectivity index (χ2n) is 3.37. The minimum absolute atomic E-state index is 0.406. The Labute approximate surface area is 89.5 Å². The lowest BCUT2D eigenvalue weighted by molar-refractivity contribution is 0.610. The number of aromatic nitrogens is 2. The van der Waals surface area contributed by atoms with Crippen molar-refractivity contribution in [2.45, 2.75) is 13.3 Å². The molecule has 0 aliphatic rings. The van der Waals surface area contributed by atoms with E-state index in [1.165, 1.54) is 12.4 Å². The first kappa shape index (κ1) is 11.8. The maximum absolute atomic E-state index is 12.5. The summed E-state index contributed by atoms with van der Waals surface area (Å²) in [6.45, 7) is 4.83. The number of nitrogens with one attached hydrogen (secondary N) is 1. The average molecular weight is 212 g/mol. The lowest BCUT2D eigenvalue weighted by atomic mass is 10.4. The van der Waals surface area contributed by atoms with E-state index >= 15 is 0 Å². The Morgan fingerprint density at radius 2 is 2.00 bits per heavy atom. The van der Waals surface area contributed by atoms with Crippen molar-refractivity contribution in [1.82, 2.24) is 15.3 Å². The van der Waals surface area contributed by atoms with Gasteiger partial charge in [-0.1, -0.05) is 6.92 Å². The van der Waals surface area contributed by atoms with Gasteiger partial charge in [0.15, 0.2) is 5.82 Å². The highest BCUT2D eigenvalue weighted by atomic mass is 19.1. The van der Waals surface area contributed by atoms with Gasteiger partial charge in [-0.15, -0.1) is 0 Å². The van der Waals surface area contributed by atoms with Crippen molar-refractivity contribution in [1.29, 1.82) is 0 Å². The Bertz CT molecular complexity index is 275. The lowest BCUT2D eigenvalue weighted by Crippen LogP contribution is -2.30. The van der Waals surface area contributed by atoms with Gasteiger partial charge in [0.05, 0.1) is 12.4 Å². The van der Waals surface area contributed by atoms with Gasteiger partial charge in [-0.3, -0.25) is 0 Å². The molecule has 0 saturated heterocycles. The average Bonchev–Trinajstić information content (AvgIpc) is 2.25. The second-order valence-corrected chi connectivity index (χ2v) is 3.37. The summed E-state index contributed by atoms with van der Waals surface area (Å²) in [4.78, 5) is 9.67. The molecule has 1 heterocycles. The first-order valence-electron chi connectivity index (χ1n) is 5.13. The molecule has 15 heavy (non-hydrogen) atoms. The van der Waals surface area contributed by atoms with Crippen LogP contribution in [0.4, 0.5) is 10.3 Å². The fraction of sp³-hybridized carbons (Fsp3) is 0.600. The highest BCUT2D eigenvalue weighted by Crippen LogP contribution is 2.02. The van der Waals surface area contributed by atoms with Crippen molar-refractivity contribution < 1.29 is 4.39 Å². The van der Waals surface area contributed by atoms with Gasteiger partial charge in [-0.05, 0) is 13.0 Å². The zero-order chi connectivity index (χ0) is 11.1. The monoisotopic (exact) mass is 212 g/mol. The molecule has 4 nitrogen and oxygen atoms in total. The molecule has 0 atom stereocenters. The largest absolute Gasteiger partial charge is 0.343 e. The van der Waals surface area contributed by atoms with E-state index in [0.717, 1.165) is 26.1 Å². The SMILES string of the molecule is CCCNCCN(C)c1ncc(F)cn1. The highest BCUT2D eigenvalue weighted by molar-refractivity contribution is 5.26. The summed E-state index contributed by atoms with van der Waals surface area (Å²) in [7, 11) is 1.89. The third kappa shape index (κ3) is 4.20. The number of hydrogen-bond acceptors (Lipinski definition) is 4. The zero-order valence-electron chi connectivity index (χ0n) is 9.20. The Balaban J connectivity index is 2.33. The summed E-state index contributed by atoms with van der Waals surface area (Å²) in [6, 6.07) is 0. The number of nitrogens with zero attached hydrogens (tertiary/aromatic N) is 3. The molecular formula is C10H17FN4. The van der Waals surface area contributed by atoms with Crippen LogP contribution in [0, 0.1) is 5.82 Å². The van der Waals surface area contributed by atoms with Gasteiger partial charge in [0, 0.05) is 20.1 Å². The number of rotatable bonds is 6. The molecular weight excluding hydrogens is 195 g/mol. The van der Waals surface area contributed by atoms with Crippen molar-refractivity contribution in [3.05, 3.63) is 18.2 Å². The molecule has 0 fully saturated rings. The molecule has 1 rings (SSSR count). The molecule has 5 heteroatoms. The molecule has 0 aromatic carbocycles. The van der Waals surface area contributed by atoms with Crippen LogP contribution < -0.4 is 10.2 Å². The fourth-order valence-corrected chi connectivity index (χ4v) is 1.15. The molecule has 0 bridgehead atoms. The number of halogens is 1. The van der Waals surface area contributed by atoms with E-state index in [4.69, 9.17) is 0 Å². The first-order valence-corrected chi connectivity index (χ1v) is 5.13. The van der Waals surface area contributed by atoms with Crippen LogP contribution in [-0.4, -0.2) is 36.6 Å². The minimum atomic E-state index is -0.406. The molecule has 0 aliphatic carbocycles. The number of likely N-dealkylation sites (N-methyl/N-ethyl adjacent to an activating group) is 1. The standard InChI is InChI=1S/C10H17FN4/c1-3-4-12-5-6-15(2)10-13-7-9(11)8-14-10/h7-8,12H,3-6H2,1-2H3. The quantitative estimate of drug-likeness (QED) is 0.716. The predicted octanol–water partition coefficient (Wildman–Crippen LogP) is 1.05.